The Kier molecular flexibility index (Phi) is 4.97. The highest BCUT2D eigenvalue weighted by molar-refractivity contribution is 5.78. The summed E-state index contributed by atoms with van der Waals surface area (Å²) in [5.74, 6) is -0.189. The molecule has 1 N–H and O–H groups in total. The number of alkyl halides is 3. The number of imidazole rings is 1. The van der Waals surface area contributed by atoms with Crippen molar-refractivity contribution in [3.63, 3.8) is 0 Å². The molecule has 0 bridgehead atoms. The fourth-order valence-corrected chi connectivity index (χ4v) is 2.84. The molecule has 7 heteroatoms. The molecule has 4 nitrogen and oxygen atoms in total. The van der Waals surface area contributed by atoms with Crippen LogP contribution in [0, 0.1) is 6.92 Å². The van der Waals surface area contributed by atoms with Gasteiger partial charge in [-0.25, -0.2) is 4.98 Å². The maximum Gasteiger partial charge on any atom is 0.416 e. The number of aryl methyl sites for hydroxylation is 1. The van der Waals surface area contributed by atoms with E-state index in [1.54, 1.807) is 6.07 Å². The number of carbonyl (C=O) groups excluding carboxylic acids is 1. The fourth-order valence-electron chi connectivity index (χ4n) is 2.84. The molecule has 0 fully saturated rings. The van der Waals surface area contributed by atoms with Crippen LogP contribution in [0.2, 0.25) is 0 Å². The minimum atomic E-state index is -4.36. The Bertz CT molecular complexity index is 931. The topological polar surface area (TPSA) is 46.4 Å². The zero-order valence-electron chi connectivity index (χ0n) is 14.2. The summed E-state index contributed by atoms with van der Waals surface area (Å²) in [7, 11) is 0. The van der Waals surface area contributed by atoms with Gasteiger partial charge in [-0.05, 0) is 37.1 Å². The Morgan fingerprint density at radius 2 is 2.00 bits per heavy atom. The van der Waals surface area contributed by atoms with Crippen LogP contribution >= 0.6 is 0 Å². The van der Waals surface area contributed by atoms with E-state index >= 15 is 0 Å². The van der Waals surface area contributed by atoms with Gasteiger partial charge in [0.15, 0.2) is 0 Å². The van der Waals surface area contributed by atoms with Crippen molar-refractivity contribution in [3.05, 3.63) is 71.2 Å². The van der Waals surface area contributed by atoms with Crippen LogP contribution < -0.4 is 5.32 Å². The van der Waals surface area contributed by atoms with Crippen molar-refractivity contribution in [3.8, 4) is 0 Å². The van der Waals surface area contributed by atoms with Crippen LogP contribution in [0.3, 0.4) is 0 Å². The summed E-state index contributed by atoms with van der Waals surface area (Å²) in [6.07, 6.45) is -2.01. The molecule has 0 spiro atoms. The van der Waals surface area contributed by atoms with Crippen molar-refractivity contribution in [1.29, 1.82) is 0 Å². The van der Waals surface area contributed by atoms with Crippen molar-refractivity contribution in [2.24, 2.45) is 0 Å². The molecule has 0 saturated heterocycles. The van der Waals surface area contributed by atoms with Gasteiger partial charge >= 0.3 is 6.18 Å². The van der Waals surface area contributed by atoms with E-state index in [0.29, 0.717) is 12.0 Å². The number of fused-ring (bicyclic) bond motifs is 1. The number of benzene rings is 1. The number of aromatic nitrogens is 2. The third-order valence-electron chi connectivity index (χ3n) is 4.15. The lowest BCUT2D eigenvalue weighted by atomic mass is 10.1. The molecule has 26 heavy (non-hydrogen) atoms. The number of rotatable bonds is 5. The second-order valence-electron chi connectivity index (χ2n) is 6.05. The van der Waals surface area contributed by atoms with E-state index in [2.05, 4.69) is 10.3 Å². The fraction of sp³-hybridized carbons (Fsp3) is 0.263. The molecule has 0 aliphatic carbocycles. The summed E-state index contributed by atoms with van der Waals surface area (Å²) in [6, 6.07) is 10.8. The van der Waals surface area contributed by atoms with Crippen LogP contribution in [0.5, 0.6) is 0 Å². The summed E-state index contributed by atoms with van der Waals surface area (Å²) in [5.41, 5.74) is 2.21. The highest BCUT2D eigenvalue weighted by Gasteiger charge is 2.30. The summed E-state index contributed by atoms with van der Waals surface area (Å²) in [4.78, 5) is 16.6. The molecule has 0 aliphatic heterocycles. The molecule has 0 atom stereocenters. The highest BCUT2D eigenvalue weighted by Crippen LogP contribution is 2.29. The SMILES string of the molecule is Cc1nc2ccccn2c1CC(=O)NCCc1cccc(C(F)(F)F)c1. The molecule has 1 aromatic carbocycles. The molecule has 1 amide bonds. The minimum Gasteiger partial charge on any atom is -0.355 e. The van der Waals surface area contributed by atoms with Gasteiger partial charge < -0.3 is 9.72 Å². The number of nitrogens with one attached hydrogen (secondary N) is 1. The van der Waals surface area contributed by atoms with Crippen molar-refractivity contribution >= 4 is 11.6 Å². The molecule has 0 aliphatic rings. The molecule has 0 radical (unpaired) electrons. The van der Waals surface area contributed by atoms with E-state index in [-0.39, 0.29) is 18.9 Å². The first-order chi connectivity index (χ1) is 12.3. The van der Waals surface area contributed by atoms with E-state index in [9.17, 15) is 18.0 Å². The van der Waals surface area contributed by atoms with Gasteiger partial charge in [0.05, 0.1) is 23.4 Å². The Hall–Kier alpha value is -2.83. The molecule has 2 aromatic heterocycles. The van der Waals surface area contributed by atoms with E-state index < -0.39 is 11.7 Å². The average molecular weight is 361 g/mol. The van der Waals surface area contributed by atoms with E-state index in [0.717, 1.165) is 29.2 Å². The highest BCUT2D eigenvalue weighted by atomic mass is 19.4. The Morgan fingerprint density at radius 3 is 2.77 bits per heavy atom. The monoisotopic (exact) mass is 361 g/mol. The summed E-state index contributed by atoms with van der Waals surface area (Å²) >= 11 is 0. The molecule has 3 aromatic rings. The Morgan fingerprint density at radius 1 is 1.19 bits per heavy atom. The Balaban J connectivity index is 1.59. The molecule has 3 rings (SSSR count). The van der Waals surface area contributed by atoms with Crippen LogP contribution in [0.15, 0.2) is 48.7 Å². The standard InChI is InChI=1S/C19H18F3N3O/c1-13-16(25-10-3-2-7-17(25)24-13)12-18(26)23-9-8-14-5-4-6-15(11-14)19(20,21)22/h2-7,10-11H,8-9,12H2,1H3,(H,23,26). The summed E-state index contributed by atoms with van der Waals surface area (Å²) in [6.45, 7) is 2.12. The van der Waals surface area contributed by atoms with Crippen molar-refractivity contribution in [2.45, 2.75) is 25.9 Å². The number of amides is 1. The second kappa shape index (κ2) is 7.19. The Labute approximate surface area is 148 Å². The lowest BCUT2D eigenvalue weighted by Gasteiger charge is -2.09. The van der Waals surface area contributed by atoms with Gasteiger partial charge in [0.1, 0.15) is 5.65 Å². The largest absolute Gasteiger partial charge is 0.416 e. The lowest BCUT2D eigenvalue weighted by molar-refractivity contribution is -0.137. The smallest absolute Gasteiger partial charge is 0.355 e. The van der Waals surface area contributed by atoms with Gasteiger partial charge in [-0.3, -0.25) is 4.79 Å². The van der Waals surface area contributed by atoms with Crippen molar-refractivity contribution < 1.29 is 18.0 Å². The predicted octanol–water partition coefficient (Wildman–Crippen LogP) is 3.56. The number of halogens is 3. The normalized spacial score (nSPS) is 11.7. The summed E-state index contributed by atoms with van der Waals surface area (Å²) in [5, 5.41) is 2.76. The average Bonchev–Trinajstić information content (AvgIpc) is 2.90. The zero-order chi connectivity index (χ0) is 18.7. The van der Waals surface area contributed by atoms with Gasteiger partial charge in [-0.2, -0.15) is 13.2 Å². The van der Waals surface area contributed by atoms with Gasteiger partial charge in [0.2, 0.25) is 5.91 Å². The number of carbonyl (C=O) groups is 1. The van der Waals surface area contributed by atoms with E-state index in [1.807, 2.05) is 35.7 Å². The van der Waals surface area contributed by atoms with Crippen LogP contribution in [-0.2, 0) is 23.8 Å². The van der Waals surface area contributed by atoms with Crippen LogP contribution in [-0.4, -0.2) is 21.8 Å². The van der Waals surface area contributed by atoms with Crippen molar-refractivity contribution in [2.75, 3.05) is 6.54 Å². The maximum absolute atomic E-state index is 12.7. The number of pyridine rings is 1. The molecule has 0 saturated carbocycles. The first kappa shape index (κ1) is 18.0. The summed E-state index contributed by atoms with van der Waals surface area (Å²) < 4.78 is 40.0. The third kappa shape index (κ3) is 4.04. The number of nitrogens with zero attached hydrogens (tertiary/aromatic N) is 2. The zero-order valence-corrected chi connectivity index (χ0v) is 14.2. The molecule has 2 heterocycles. The molecule has 136 valence electrons. The van der Waals surface area contributed by atoms with Gasteiger partial charge in [0, 0.05) is 12.7 Å². The maximum atomic E-state index is 12.7. The van der Waals surface area contributed by atoms with E-state index in [4.69, 9.17) is 0 Å². The van der Waals surface area contributed by atoms with Crippen molar-refractivity contribution in [1.82, 2.24) is 14.7 Å². The second-order valence-corrected chi connectivity index (χ2v) is 6.05. The predicted molar refractivity (Wildman–Crippen MR) is 91.8 cm³/mol. The first-order valence-corrected chi connectivity index (χ1v) is 8.20. The quantitative estimate of drug-likeness (QED) is 0.755. The lowest BCUT2D eigenvalue weighted by Crippen LogP contribution is -2.28. The molecule has 0 unspecified atom stereocenters. The van der Waals surface area contributed by atoms with Gasteiger partial charge in [-0.15, -0.1) is 0 Å². The number of hydrogen-bond donors (Lipinski definition) is 1. The van der Waals surface area contributed by atoms with Gasteiger partial charge in [-0.1, -0.05) is 24.3 Å². The van der Waals surface area contributed by atoms with E-state index in [1.165, 1.54) is 6.07 Å². The first-order valence-electron chi connectivity index (χ1n) is 8.20. The minimum absolute atomic E-state index is 0.166. The molecular weight excluding hydrogens is 343 g/mol. The van der Waals surface area contributed by atoms with Gasteiger partial charge in [0.25, 0.3) is 0 Å². The van der Waals surface area contributed by atoms with Crippen LogP contribution in [0.1, 0.15) is 22.5 Å². The van der Waals surface area contributed by atoms with Crippen LogP contribution in [0.4, 0.5) is 13.2 Å². The third-order valence-corrected chi connectivity index (χ3v) is 4.15. The number of hydrogen-bond acceptors (Lipinski definition) is 2. The van der Waals surface area contributed by atoms with Crippen LogP contribution in [0.25, 0.3) is 5.65 Å². The molecular formula is C19H18F3N3O.